The zero-order chi connectivity index (χ0) is 13.2. The summed E-state index contributed by atoms with van der Waals surface area (Å²) in [7, 11) is 0. The molecule has 1 aliphatic rings. The predicted molar refractivity (Wildman–Crippen MR) is 73.7 cm³/mol. The van der Waals surface area contributed by atoms with Crippen molar-refractivity contribution in [2.24, 2.45) is 0 Å². The van der Waals surface area contributed by atoms with Gasteiger partial charge in [0.25, 0.3) is 5.91 Å². The number of hydrogen-bond donors (Lipinski definition) is 0. The van der Waals surface area contributed by atoms with E-state index in [1.54, 1.807) is 4.90 Å². The van der Waals surface area contributed by atoms with Crippen molar-refractivity contribution in [1.82, 2.24) is 0 Å². The molecular weight excluding hydrogens is 240 g/mol. The first kappa shape index (κ1) is 11.5. The number of rotatable bonds is 1. The smallest absolute Gasteiger partial charge is 0.298 e. The van der Waals surface area contributed by atoms with Crippen LogP contribution in [0.5, 0.6) is 0 Å². The number of anilines is 2. The van der Waals surface area contributed by atoms with Gasteiger partial charge in [-0.3, -0.25) is 9.69 Å². The highest BCUT2D eigenvalue weighted by Gasteiger charge is 2.26. The van der Waals surface area contributed by atoms with E-state index in [1.807, 2.05) is 54.6 Å². The molecule has 3 rings (SSSR count). The van der Waals surface area contributed by atoms with Crippen LogP contribution in [0.2, 0.25) is 0 Å². The van der Waals surface area contributed by atoms with Gasteiger partial charge in [0, 0.05) is 5.69 Å². The van der Waals surface area contributed by atoms with Gasteiger partial charge in [-0.2, -0.15) is 0 Å². The van der Waals surface area contributed by atoms with Gasteiger partial charge in [0.2, 0.25) is 6.54 Å². The SMILES string of the molecule is O=C1C[N+]([O-])=Cc2ccccc2N1c1ccccc1. The Morgan fingerprint density at radius 1 is 1.00 bits per heavy atom. The van der Waals surface area contributed by atoms with Crippen LogP contribution in [0.3, 0.4) is 0 Å². The molecule has 94 valence electrons. The van der Waals surface area contributed by atoms with E-state index in [4.69, 9.17) is 0 Å². The largest absolute Gasteiger partial charge is 0.623 e. The Hall–Kier alpha value is -2.62. The molecule has 1 amide bonds. The molecule has 0 N–H and O–H groups in total. The third kappa shape index (κ3) is 2.08. The maximum atomic E-state index is 12.3. The number of carbonyl (C=O) groups excluding carboxylic acids is 1. The van der Waals surface area contributed by atoms with E-state index in [2.05, 4.69) is 0 Å². The quantitative estimate of drug-likeness (QED) is 0.577. The molecule has 0 saturated carbocycles. The molecule has 0 fully saturated rings. The van der Waals surface area contributed by atoms with E-state index >= 15 is 0 Å². The van der Waals surface area contributed by atoms with Crippen LogP contribution in [-0.2, 0) is 4.79 Å². The molecule has 2 aromatic rings. The number of benzene rings is 2. The molecule has 4 nitrogen and oxygen atoms in total. The van der Waals surface area contributed by atoms with Crippen molar-refractivity contribution >= 4 is 23.5 Å². The normalized spacial score (nSPS) is 14.6. The molecule has 0 radical (unpaired) electrons. The first-order valence-electron chi connectivity index (χ1n) is 6.01. The summed E-state index contributed by atoms with van der Waals surface area (Å²) in [6.07, 6.45) is 1.45. The molecule has 0 bridgehead atoms. The van der Waals surface area contributed by atoms with Gasteiger partial charge in [0.15, 0.2) is 6.21 Å². The average Bonchev–Trinajstić information content (AvgIpc) is 2.54. The summed E-state index contributed by atoms with van der Waals surface area (Å²) in [6, 6.07) is 16.7. The molecule has 0 saturated heterocycles. The molecule has 2 aromatic carbocycles. The second-order valence-electron chi connectivity index (χ2n) is 4.33. The van der Waals surface area contributed by atoms with Gasteiger partial charge in [0.1, 0.15) is 0 Å². The molecule has 0 aliphatic carbocycles. The molecule has 0 atom stereocenters. The number of hydrogen-bond acceptors (Lipinski definition) is 2. The van der Waals surface area contributed by atoms with Crippen molar-refractivity contribution in [2.45, 2.75) is 0 Å². The van der Waals surface area contributed by atoms with Crippen molar-refractivity contribution < 1.29 is 9.53 Å². The maximum Gasteiger partial charge on any atom is 0.298 e. The fraction of sp³-hybridized carbons (Fsp3) is 0.0667. The summed E-state index contributed by atoms with van der Waals surface area (Å²) >= 11 is 0. The fourth-order valence-electron chi connectivity index (χ4n) is 2.20. The summed E-state index contributed by atoms with van der Waals surface area (Å²) in [5.41, 5.74) is 2.24. The highest BCUT2D eigenvalue weighted by atomic mass is 16.5. The number of para-hydroxylation sites is 2. The van der Waals surface area contributed by atoms with Crippen LogP contribution >= 0.6 is 0 Å². The standard InChI is InChI=1S/C15H12N2O2/c18-15-11-16(19)10-12-6-4-5-9-14(12)17(15)13-7-2-1-3-8-13/h1-10H,11H2. The van der Waals surface area contributed by atoms with E-state index in [0.29, 0.717) is 4.74 Å². The lowest BCUT2D eigenvalue weighted by Crippen LogP contribution is -2.30. The average molecular weight is 252 g/mol. The molecule has 1 aliphatic heterocycles. The molecule has 19 heavy (non-hydrogen) atoms. The van der Waals surface area contributed by atoms with E-state index in [1.165, 1.54) is 6.21 Å². The first-order chi connectivity index (χ1) is 9.25. The Morgan fingerprint density at radius 2 is 1.68 bits per heavy atom. The zero-order valence-electron chi connectivity index (χ0n) is 10.2. The van der Waals surface area contributed by atoms with E-state index < -0.39 is 0 Å². The third-order valence-corrected chi connectivity index (χ3v) is 3.02. The predicted octanol–water partition coefficient (Wildman–Crippen LogP) is 2.29. The van der Waals surface area contributed by atoms with Gasteiger partial charge in [-0.25, -0.2) is 4.74 Å². The zero-order valence-corrected chi connectivity index (χ0v) is 10.2. The van der Waals surface area contributed by atoms with Crippen molar-refractivity contribution in [1.29, 1.82) is 0 Å². The Morgan fingerprint density at radius 3 is 2.47 bits per heavy atom. The van der Waals surface area contributed by atoms with Crippen molar-refractivity contribution in [3.63, 3.8) is 0 Å². The van der Waals surface area contributed by atoms with Crippen molar-refractivity contribution in [2.75, 3.05) is 11.4 Å². The van der Waals surface area contributed by atoms with Gasteiger partial charge in [-0.1, -0.05) is 30.3 Å². The van der Waals surface area contributed by atoms with Crippen molar-refractivity contribution in [3.05, 3.63) is 65.4 Å². The minimum atomic E-state index is -0.234. The van der Waals surface area contributed by atoms with Crippen LogP contribution in [0, 0.1) is 5.21 Å². The maximum absolute atomic E-state index is 12.3. The Bertz CT molecular complexity index is 650. The second-order valence-corrected chi connectivity index (χ2v) is 4.33. The van der Waals surface area contributed by atoms with Crippen LogP contribution in [0.4, 0.5) is 11.4 Å². The van der Waals surface area contributed by atoms with Gasteiger partial charge < -0.3 is 5.21 Å². The number of benzodiazepines with no additional fused rings is 1. The van der Waals surface area contributed by atoms with Crippen LogP contribution in [0.25, 0.3) is 0 Å². The number of nitrogens with zero attached hydrogens (tertiary/aromatic N) is 2. The summed E-state index contributed by atoms with van der Waals surface area (Å²) in [5.74, 6) is -0.234. The van der Waals surface area contributed by atoms with Crippen LogP contribution in [-0.4, -0.2) is 23.4 Å². The monoisotopic (exact) mass is 252 g/mol. The van der Waals surface area contributed by atoms with Crippen LogP contribution in [0.1, 0.15) is 5.56 Å². The summed E-state index contributed by atoms with van der Waals surface area (Å²) in [4.78, 5) is 13.8. The topological polar surface area (TPSA) is 46.4 Å². The number of carbonyl (C=O) groups is 1. The van der Waals surface area contributed by atoms with Crippen LogP contribution in [0.15, 0.2) is 54.6 Å². The summed E-state index contributed by atoms with van der Waals surface area (Å²) in [5, 5.41) is 11.6. The highest BCUT2D eigenvalue weighted by molar-refractivity contribution is 6.06. The molecule has 1 heterocycles. The van der Waals surface area contributed by atoms with Crippen LogP contribution < -0.4 is 4.90 Å². The molecule has 0 spiro atoms. The first-order valence-corrected chi connectivity index (χ1v) is 6.01. The van der Waals surface area contributed by atoms with Gasteiger partial charge in [0.05, 0.1) is 11.3 Å². The minimum absolute atomic E-state index is 0.177. The minimum Gasteiger partial charge on any atom is -0.623 e. The fourth-order valence-corrected chi connectivity index (χ4v) is 2.20. The van der Waals surface area contributed by atoms with Gasteiger partial charge in [-0.15, -0.1) is 0 Å². The lowest BCUT2D eigenvalue weighted by atomic mass is 10.1. The Labute approximate surface area is 110 Å². The summed E-state index contributed by atoms with van der Waals surface area (Å²) in [6.45, 7) is -0.177. The molecule has 0 aromatic heterocycles. The van der Waals surface area contributed by atoms with E-state index in [0.717, 1.165) is 16.9 Å². The Kier molecular flexibility index (Phi) is 2.76. The lowest BCUT2D eigenvalue weighted by molar-refractivity contribution is -0.439. The molecular formula is C15H12N2O2. The third-order valence-electron chi connectivity index (χ3n) is 3.02. The van der Waals surface area contributed by atoms with Gasteiger partial charge in [-0.05, 0) is 24.3 Å². The van der Waals surface area contributed by atoms with E-state index in [9.17, 15) is 10.0 Å². The summed E-state index contributed by atoms with van der Waals surface area (Å²) < 4.78 is 0.671. The Balaban J connectivity index is 2.18. The van der Waals surface area contributed by atoms with Crippen molar-refractivity contribution in [3.8, 4) is 0 Å². The number of fused-ring (bicyclic) bond motifs is 1. The van der Waals surface area contributed by atoms with E-state index in [-0.39, 0.29) is 12.5 Å². The van der Waals surface area contributed by atoms with Gasteiger partial charge >= 0.3 is 0 Å². The second kappa shape index (κ2) is 4.57. The molecule has 4 heteroatoms. The number of hydroxylamine groups is 1. The lowest BCUT2D eigenvalue weighted by Gasteiger charge is -2.21. The number of amides is 1. The highest BCUT2D eigenvalue weighted by Crippen LogP contribution is 2.29. The molecule has 0 unspecified atom stereocenters.